The van der Waals surface area contributed by atoms with E-state index in [-0.39, 0.29) is 5.97 Å². The molecule has 0 spiro atoms. The summed E-state index contributed by atoms with van der Waals surface area (Å²) in [5.41, 5.74) is 15.6. The number of carbonyl (C=O) groups is 1. The molecular weight excluding hydrogens is 434 g/mol. The number of nitrogens with two attached hydrogens (primary N) is 1. The van der Waals surface area contributed by atoms with Gasteiger partial charge >= 0.3 is 5.97 Å². The number of nitrogens with zero attached hydrogens (tertiary/aromatic N) is 2. The van der Waals surface area contributed by atoms with E-state index in [1.807, 2.05) is 31.2 Å². The summed E-state index contributed by atoms with van der Waals surface area (Å²) in [6.45, 7) is 8.30. The second-order valence-electron chi connectivity index (χ2n) is 9.78. The number of ether oxygens (including phenoxy) is 1. The molecule has 0 unspecified atom stereocenters. The van der Waals surface area contributed by atoms with Crippen LogP contribution >= 0.6 is 0 Å². The molecule has 0 fully saturated rings. The summed E-state index contributed by atoms with van der Waals surface area (Å²) in [4.78, 5) is 13.7. The topological polar surface area (TPSA) is 62.2 Å². The number of anilines is 1. The van der Waals surface area contributed by atoms with Crippen molar-refractivity contribution < 1.29 is 9.53 Å². The largest absolute Gasteiger partial charge is 0.440 e. The Morgan fingerprint density at radius 3 is 1.74 bits per heavy atom. The number of fused-ring (bicyclic) bond motifs is 3. The highest BCUT2D eigenvalue weighted by Crippen LogP contribution is 2.55. The van der Waals surface area contributed by atoms with Crippen LogP contribution in [0.4, 0.5) is 5.69 Å². The van der Waals surface area contributed by atoms with Crippen LogP contribution in [0.2, 0.25) is 0 Å². The van der Waals surface area contributed by atoms with Gasteiger partial charge in [0, 0.05) is 69.7 Å². The summed E-state index contributed by atoms with van der Waals surface area (Å²) >= 11 is 0. The van der Waals surface area contributed by atoms with Crippen molar-refractivity contribution in [1.82, 2.24) is 9.13 Å². The minimum atomic E-state index is -1.11. The zero-order valence-electron chi connectivity index (χ0n) is 21.0. The molecule has 2 N–H and O–H groups in total. The van der Waals surface area contributed by atoms with E-state index in [4.69, 9.17) is 10.5 Å². The van der Waals surface area contributed by atoms with Gasteiger partial charge in [-0.3, -0.25) is 0 Å². The average molecular weight is 464 g/mol. The Labute approximate surface area is 204 Å². The van der Waals surface area contributed by atoms with E-state index in [1.54, 1.807) is 6.07 Å². The number of rotatable bonds is 2. The van der Waals surface area contributed by atoms with Gasteiger partial charge in [-0.15, -0.1) is 0 Å². The predicted octanol–water partition coefficient (Wildman–Crippen LogP) is 5.95. The lowest BCUT2D eigenvalue weighted by Gasteiger charge is -2.33. The lowest BCUT2D eigenvalue weighted by molar-refractivity contribution is 0.0255. The third-order valence-electron chi connectivity index (χ3n) is 8.26. The maximum absolute atomic E-state index is 13.7. The Hall–Kier alpha value is -3.99. The third-order valence-corrected chi connectivity index (χ3v) is 8.26. The quantitative estimate of drug-likeness (QED) is 0.260. The van der Waals surface area contributed by atoms with Gasteiger partial charge in [0.2, 0.25) is 0 Å². The molecule has 5 nitrogen and oxygen atoms in total. The van der Waals surface area contributed by atoms with E-state index in [2.05, 4.69) is 68.3 Å². The molecule has 35 heavy (non-hydrogen) atoms. The first-order valence-electron chi connectivity index (χ1n) is 11.9. The molecule has 1 aliphatic heterocycles. The van der Waals surface area contributed by atoms with Crippen LogP contribution in [0, 0.1) is 27.7 Å². The lowest BCUT2D eigenvalue weighted by Crippen LogP contribution is -2.32. The Bertz CT molecular complexity index is 1630. The number of hydrogen-bond donors (Lipinski definition) is 1. The van der Waals surface area contributed by atoms with Gasteiger partial charge < -0.3 is 19.6 Å². The van der Waals surface area contributed by atoms with Gasteiger partial charge in [0.05, 0.1) is 5.56 Å². The summed E-state index contributed by atoms with van der Waals surface area (Å²) in [6, 6.07) is 18.5. The molecule has 0 saturated heterocycles. The Morgan fingerprint density at radius 2 is 1.23 bits per heavy atom. The fourth-order valence-electron chi connectivity index (χ4n) is 6.21. The van der Waals surface area contributed by atoms with Gasteiger partial charge in [0.15, 0.2) is 5.60 Å². The maximum atomic E-state index is 13.7. The summed E-state index contributed by atoms with van der Waals surface area (Å²) in [5.74, 6) is -0.338. The number of hydrogen-bond acceptors (Lipinski definition) is 3. The van der Waals surface area contributed by atoms with Crippen LogP contribution in [0.25, 0.3) is 21.8 Å². The molecule has 0 radical (unpaired) electrons. The lowest BCUT2D eigenvalue weighted by atomic mass is 9.75. The van der Waals surface area contributed by atoms with Gasteiger partial charge in [-0.25, -0.2) is 4.79 Å². The van der Waals surface area contributed by atoms with E-state index >= 15 is 0 Å². The van der Waals surface area contributed by atoms with Crippen LogP contribution < -0.4 is 5.73 Å². The second-order valence-corrected chi connectivity index (χ2v) is 9.78. The number of aromatic nitrogens is 2. The van der Waals surface area contributed by atoms with Crippen molar-refractivity contribution in [2.75, 3.05) is 5.73 Å². The van der Waals surface area contributed by atoms with Crippen LogP contribution in [0.5, 0.6) is 0 Å². The Morgan fingerprint density at radius 1 is 0.743 bits per heavy atom. The van der Waals surface area contributed by atoms with Gasteiger partial charge in [-0.05, 0) is 57.0 Å². The standard InChI is InChI=1S/C30H29N3O2/c1-16-17(2)26-22(15-23(16)31)29(34)35-30(26,27-18(3)32(5)24-13-9-7-11-20(24)27)28-19(4)33(6)25-14-10-8-12-21(25)28/h7-15H,31H2,1-6H3. The third kappa shape index (κ3) is 2.50. The number of cyclic esters (lactones) is 1. The average Bonchev–Trinajstić information content (AvgIpc) is 3.38. The van der Waals surface area contributed by atoms with Crippen LogP contribution in [0.1, 0.15) is 49.6 Å². The van der Waals surface area contributed by atoms with Crippen molar-refractivity contribution in [2.45, 2.75) is 33.3 Å². The fourth-order valence-corrected chi connectivity index (χ4v) is 6.21. The van der Waals surface area contributed by atoms with Crippen molar-refractivity contribution >= 4 is 33.5 Å². The molecular formula is C30H29N3O2. The van der Waals surface area contributed by atoms with Gasteiger partial charge in [-0.2, -0.15) is 0 Å². The summed E-state index contributed by atoms with van der Waals surface area (Å²) in [7, 11) is 4.15. The van der Waals surface area contributed by atoms with Gasteiger partial charge in [-0.1, -0.05) is 36.4 Å². The molecule has 0 bridgehead atoms. The van der Waals surface area contributed by atoms with Crippen LogP contribution in [-0.2, 0) is 24.4 Å². The van der Waals surface area contributed by atoms with Crippen LogP contribution in [0.15, 0.2) is 54.6 Å². The van der Waals surface area contributed by atoms with Gasteiger partial charge in [0.1, 0.15) is 0 Å². The molecule has 0 aliphatic carbocycles. The molecule has 5 heteroatoms. The first-order valence-corrected chi connectivity index (χ1v) is 11.9. The number of benzene rings is 3. The van der Waals surface area contributed by atoms with Crippen LogP contribution in [-0.4, -0.2) is 15.1 Å². The SMILES string of the molecule is Cc1c(N)cc2c(c1C)C(c1c(C)n(C)c3ccccc13)(c1c(C)n(C)c3ccccc13)OC2=O. The number of esters is 1. The van der Waals surface area contributed by atoms with Gasteiger partial charge in [0.25, 0.3) is 0 Å². The summed E-state index contributed by atoms with van der Waals surface area (Å²) in [6.07, 6.45) is 0. The van der Waals surface area contributed by atoms with E-state index in [0.717, 1.165) is 61.0 Å². The van der Waals surface area contributed by atoms with Crippen molar-refractivity contribution in [3.63, 3.8) is 0 Å². The van der Waals surface area contributed by atoms with Crippen LogP contribution in [0.3, 0.4) is 0 Å². The summed E-state index contributed by atoms with van der Waals surface area (Å²) in [5, 5.41) is 2.16. The Kier molecular flexibility index (Phi) is 4.32. The monoisotopic (exact) mass is 463 g/mol. The zero-order chi connectivity index (χ0) is 24.8. The number of nitrogen functional groups attached to an aromatic ring is 1. The highest BCUT2D eigenvalue weighted by molar-refractivity contribution is 6.02. The second kappa shape index (κ2) is 7.01. The van der Waals surface area contributed by atoms with E-state index in [9.17, 15) is 4.79 Å². The molecule has 6 rings (SSSR count). The highest BCUT2D eigenvalue weighted by Gasteiger charge is 2.54. The zero-order valence-corrected chi connectivity index (χ0v) is 21.0. The minimum absolute atomic E-state index is 0.338. The number of para-hydroxylation sites is 2. The molecule has 1 aliphatic rings. The molecule has 0 amide bonds. The van der Waals surface area contributed by atoms with E-state index in [0.29, 0.717) is 11.3 Å². The molecule has 3 aromatic carbocycles. The molecule has 3 heterocycles. The normalized spacial score (nSPS) is 14.6. The molecule has 176 valence electrons. The number of aryl methyl sites for hydroxylation is 2. The first-order chi connectivity index (χ1) is 16.7. The summed E-state index contributed by atoms with van der Waals surface area (Å²) < 4.78 is 11.1. The molecule has 0 saturated carbocycles. The number of carbonyl (C=O) groups excluding carboxylic acids is 1. The van der Waals surface area contributed by atoms with Crippen molar-refractivity contribution in [3.8, 4) is 0 Å². The molecule has 0 atom stereocenters. The maximum Gasteiger partial charge on any atom is 0.340 e. The molecule has 2 aromatic heterocycles. The molecule has 5 aromatic rings. The van der Waals surface area contributed by atoms with Crippen molar-refractivity contribution in [1.29, 1.82) is 0 Å². The Balaban J connectivity index is 1.91. The predicted molar refractivity (Wildman–Crippen MR) is 141 cm³/mol. The highest BCUT2D eigenvalue weighted by atomic mass is 16.6. The van der Waals surface area contributed by atoms with E-state index < -0.39 is 5.60 Å². The fraction of sp³-hybridized carbons (Fsp3) is 0.233. The van der Waals surface area contributed by atoms with E-state index in [1.165, 1.54) is 0 Å². The first kappa shape index (κ1) is 21.5. The van der Waals surface area contributed by atoms with Crippen molar-refractivity contribution in [3.05, 3.63) is 99.4 Å². The minimum Gasteiger partial charge on any atom is -0.440 e. The smallest absolute Gasteiger partial charge is 0.340 e. The van der Waals surface area contributed by atoms with Crippen molar-refractivity contribution in [2.24, 2.45) is 14.1 Å².